The third-order valence-electron chi connectivity index (χ3n) is 4.79. The van der Waals surface area contributed by atoms with Gasteiger partial charge >= 0.3 is 0 Å². The Balaban J connectivity index is 1.69. The molecule has 25 heavy (non-hydrogen) atoms. The quantitative estimate of drug-likeness (QED) is 0.728. The number of H-pyrrole nitrogens is 1. The second-order valence-corrected chi connectivity index (χ2v) is 7.15. The molecule has 1 heterocycles. The maximum absolute atomic E-state index is 13.0. The van der Waals surface area contributed by atoms with Crippen molar-refractivity contribution in [3.8, 4) is 0 Å². The SMILES string of the molecule is Cc1ccc2[nH]c(C(=O)c3ccc4c(c3)C(CN(C)C)=CC4)cc2c1. The van der Waals surface area contributed by atoms with Crippen molar-refractivity contribution in [1.82, 2.24) is 9.88 Å². The standard InChI is InChI=1S/C22H22N2O/c1-14-4-9-20-18(10-14)12-21(23-20)22(25)16-7-5-15-6-8-17(13-24(2)3)19(15)11-16/h4-5,7-12,23H,6,13H2,1-3H3. The number of nitrogens with zero attached hydrogens (tertiary/aromatic N) is 1. The van der Waals surface area contributed by atoms with Gasteiger partial charge in [-0.3, -0.25) is 4.79 Å². The molecule has 0 atom stereocenters. The smallest absolute Gasteiger partial charge is 0.209 e. The number of aromatic amines is 1. The Kier molecular flexibility index (Phi) is 3.81. The number of rotatable bonds is 4. The first-order chi connectivity index (χ1) is 12.0. The van der Waals surface area contributed by atoms with Crippen LogP contribution in [-0.4, -0.2) is 36.3 Å². The molecule has 1 N–H and O–H groups in total. The number of allylic oxidation sites excluding steroid dienone is 1. The molecule has 0 spiro atoms. The summed E-state index contributed by atoms with van der Waals surface area (Å²) in [6, 6.07) is 14.2. The van der Waals surface area contributed by atoms with Crippen LogP contribution in [0.2, 0.25) is 0 Å². The normalized spacial score (nSPS) is 13.4. The van der Waals surface area contributed by atoms with E-state index in [1.165, 1.54) is 22.3 Å². The molecule has 0 radical (unpaired) electrons. The lowest BCUT2D eigenvalue weighted by Gasteiger charge is -2.13. The number of hydrogen-bond acceptors (Lipinski definition) is 2. The highest BCUT2D eigenvalue weighted by Gasteiger charge is 2.19. The lowest BCUT2D eigenvalue weighted by Crippen LogP contribution is -2.14. The molecule has 0 fully saturated rings. The number of benzene rings is 2. The number of carbonyl (C=O) groups excluding carboxylic acids is 1. The Morgan fingerprint density at radius 1 is 1.12 bits per heavy atom. The van der Waals surface area contributed by atoms with Crippen molar-refractivity contribution >= 4 is 22.3 Å². The number of ketones is 1. The van der Waals surface area contributed by atoms with Crippen molar-refractivity contribution in [2.45, 2.75) is 13.3 Å². The van der Waals surface area contributed by atoms with Crippen LogP contribution in [0.1, 0.15) is 32.7 Å². The van der Waals surface area contributed by atoms with Crippen molar-refractivity contribution in [3.63, 3.8) is 0 Å². The molecule has 4 rings (SSSR count). The second kappa shape index (κ2) is 6.01. The Morgan fingerprint density at radius 2 is 1.96 bits per heavy atom. The van der Waals surface area contributed by atoms with Crippen LogP contribution in [-0.2, 0) is 6.42 Å². The van der Waals surface area contributed by atoms with Crippen molar-refractivity contribution in [2.75, 3.05) is 20.6 Å². The summed E-state index contributed by atoms with van der Waals surface area (Å²) in [5.74, 6) is 0.0488. The van der Waals surface area contributed by atoms with E-state index in [1.807, 2.05) is 18.2 Å². The highest BCUT2D eigenvalue weighted by atomic mass is 16.1. The van der Waals surface area contributed by atoms with Crippen LogP contribution < -0.4 is 0 Å². The maximum Gasteiger partial charge on any atom is 0.209 e. The Bertz CT molecular complexity index is 1010. The van der Waals surface area contributed by atoms with Crippen LogP contribution >= 0.6 is 0 Å². The third-order valence-corrected chi connectivity index (χ3v) is 4.79. The fraction of sp³-hybridized carbons (Fsp3) is 0.227. The fourth-order valence-electron chi connectivity index (χ4n) is 3.56. The molecule has 0 saturated carbocycles. The molecule has 1 aromatic heterocycles. The minimum Gasteiger partial charge on any atom is -0.352 e. The van der Waals surface area contributed by atoms with Crippen LogP contribution in [0.3, 0.4) is 0 Å². The van der Waals surface area contributed by atoms with Gasteiger partial charge in [0.1, 0.15) is 0 Å². The van der Waals surface area contributed by atoms with Gasteiger partial charge in [-0.1, -0.05) is 29.8 Å². The van der Waals surface area contributed by atoms with E-state index in [1.54, 1.807) is 0 Å². The number of likely N-dealkylation sites (N-methyl/N-ethyl adjacent to an activating group) is 1. The lowest BCUT2D eigenvalue weighted by molar-refractivity contribution is 0.103. The van der Waals surface area contributed by atoms with Gasteiger partial charge < -0.3 is 9.88 Å². The first kappa shape index (κ1) is 15.9. The molecule has 126 valence electrons. The molecule has 0 amide bonds. The predicted molar refractivity (Wildman–Crippen MR) is 103 cm³/mol. The molecule has 0 aliphatic heterocycles. The monoisotopic (exact) mass is 330 g/mol. The number of aryl methyl sites for hydroxylation is 1. The number of nitrogens with one attached hydrogen (secondary N) is 1. The van der Waals surface area contributed by atoms with Gasteiger partial charge in [0.25, 0.3) is 0 Å². The topological polar surface area (TPSA) is 36.1 Å². The summed E-state index contributed by atoms with van der Waals surface area (Å²) < 4.78 is 0. The van der Waals surface area contributed by atoms with Gasteiger partial charge in [0.2, 0.25) is 5.78 Å². The van der Waals surface area contributed by atoms with E-state index < -0.39 is 0 Å². The number of fused-ring (bicyclic) bond motifs is 2. The maximum atomic E-state index is 13.0. The largest absolute Gasteiger partial charge is 0.352 e. The molecule has 0 saturated heterocycles. The van der Waals surface area contributed by atoms with Gasteiger partial charge in [-0.25, -0.2) is 0 Å². The second-order valence-electron chi connectivity index (χ2n) is 7.15. The van der Waals surface area contributed by atoms with E-state index in [4.69, 9.17) is 0 Å². The van der Waals surface area contributed by atoms with Crippen molar-refractivity contribution in [2.24, 2.45) is 0 Å². The summed E-state index contributed by atoms with van der Waals surface area (Å²) in [5, 5.41) is 1.08. The number of aromatic nitrogens is 1. The van der Waals surface area contributed by atoms with E-state index in [9.17, 15) is 4.79 Å². The van der Waals surface area contributed by atoms with Gasteiger partial charge in [-0.05, 0) is 68.4 Å². The van der Waals surface area contributed by atoms with Crippen molar-refractivity contribution < 1.29 is 4.79 Å². The minimum absolute atomic E-state index is 0.0488. The molecule has 3 aromatic rings. The first-order valence-corrected chi connectivity index (χ1v) is 8.62. The van der Waals surface area contributed by atoms with E-state index in [0.717, 1.165) is 29.4 Å². The third kappa shape index (κ3) is 2.92. The average Bonchev–Trinajstić information content (AvgIpc) is 3.17. The van der Waals surface area contributed by atoms with E-state index in [0.29, 0.717) is 5.69 Å². The summed E-state index contributed by atoms with van der Waals surface area (Å²) >= 11 is 0. The van der Waals surface area contributed by atoms with Crippen LogP contribution in [0.15, 0.2) is 48.5 Å². The molecular formula is C22H22N2O. The predicted octanol–water partition coefficient (Wildman–Crippen LogP) is 4.21. The molecule has 2 aromatic carbocycles. The van der Waals surface area contributed by atoms with Gasteiger partial charge in [0, 0.05) is 23.0 Å². The summed E-state index contributed by atoms with van der Waals surface area (Å²) in [5.41, 5.74) is 7.42. The van der Waals surface area contributed by atoms with Gasteiger partial charge in [-0.15, -0.1) is 0 Å². The first-order valence-electron chi connectivity index (χ1n) is 8.62. The summed E-state index contributed by atoms with van der Waals surface area (Å²) in [4.78, 5) is 18.4. The van der Waals surface area contributed by atoms with E-state index in [2.05, 4.69) is 61.2 Å². The Labute approximate surface area is 148 Å². The molecule has 0 unspecified atom stereocenters. The highest BCUT2D eigenvalue weighted by Crippen LogP contribution is 2.29. The summed E-state index contributed by atoms with van der Waals surface area (Å²) in [6.45, 7) is 2.96. The molecule has 0 bridgehead atoms. The fourth-order valence-corrected chi connectivity index (χ4v) is 3.56. The molecular weight excluding hydrogens is 308 g/mol. The van der Waals surface area contributed by atoms with Gasteiger partial charge in [-0.2, -0.15) is 0 Å². The summed E-state index contributed by atoms with van der Waals surface area (Å²) in [6.07, 6.45) is 3.23. The molecule has 3 nitrogen and oxygen atoms in total. The molecule has 3 heteroatoms. The summed E-state index contributed by atoms with van der Waals surface area (Å²) in [7, 11) is 4.14. The number of hydrogen-bond donors (Lipinski definition) is 1. The van der Waals surface area contributed by atoms with Gasteiger partial charge in [0.15, 0.2) is 0 Å². The van der Waals surface area contributed by atoms with Crippen LogP contribution in [0.25, 0.3) is 16.5 Å². The van der Waals surface area contributed by atoms with Crippen LogP contribution in [0.4, 0.5) is 0 Å². The van der Waals surface area contributed by atoms with E-state index in [-0.39, 0.29) is 5.78 Å². The average molecular weight is 330 g/mol. The zero-order valence-corrected chi connectivity index (χ0v) is 14.9. The number of carbonyl (C=O) groups is 1. The van der Waals surface area contributed by atoms with Crippen LogP contribution in [0, 0.1) is 6.92 Å². The Morgan fingerprint density at radius 3 is 2.76 bits per heavy atom. The van der Waals surface area contributed by atoms with Crippen LogP contribution in [0.5, 0.6) is 0 Å². The van der Waals surface area contributed by atoms with Crippen molar-refractivity contribution in [3.05, 3.63) is 76.5 Å². The highest BCUT2D eigenvalue weighted by molar-refractivity contribution is 6.10. The zero-order chi connectivity index (χ0) is 17.6. The molecule has 1 aliphatic rings. The van der Waals surface area contributed by atoms with Crippen molar-refractivity contribution in [1.29, 1.82) is 0 Å². The Hall–Kier alpha value is -2.65. The zero-order valence-electron chi connectivity index (χ0n) is 14.9. The lowest BCUT2D eigenvalue weighted by atomic mass is 9.99. The minimum atomic E-state index is 0.0488. The van der Waals surface area contributed by atoms with E-state index >= 15 is 0 Å². The molecule has 1 aliphatic carbocycles. The van der Waals surface area contributed by atoms with Gasteiger partial charge in [0.05, 0.1) is 5.69 Å².